The Kier molecular flexibility index (Phi) is 6.01. The standard InChI is InChI=1S/C20H30N4O3/c1-20(2,3)27-19(25)24-10-4-9-23(11-12-24)14-15-5-6-17-16(13-15)22-18(26-17)7-8-21/h5-6,13H,4,7-12,14,21H2,1-3H3. The van der Waals surface area contributed by atoms with E-state index in [1.165, 1.54) is 5.56 Å². The molecule has 0 spiro atoms. The molecular formula is C20H30N4O3. The van der Waals surface area contributed by atoms with Crippen molar-refractivity contribution in [2.75, 3.05) is 32.7 Å². The van der Waals surface area contributed by atoms with Crippen LogP contribution in [0.15, 0.2) is 22.6 Å². The van der Waals surface area contributed by atoms with Crippen LogP contribution >= 0.6 is 0 Å². The van der Waals surface area contributed by atoms with Crippen molar-refractivity contribution in [3.63, 3.8) is 0 Å². The summed E-state index contributed by atoms with van der Waals surface area (Å²) in [5, 5.41) is 0. The first-order valence-corrected chi connectivity index (χ1v) is 9.63. The molecule has 0 atom stereocenters. The van der Waals surface area contributed by atoms with Crippen LogP contribution < -0.4 is 5.73 Å². The first-order valence-electron chi connectivity index (χ1n) is 9.63. The van der Waals surface area contributed by atoms with Crippen molar-refractivity contribution in [1.82, 2.24) is 14.8 Å². The Hall–Kier alpha value is -2.12. The topological polar surface area (TPSA) is 84.8 Å². The van der Waals surface area contributed by atoms with E-state index >= 15 is 0 Å². The maximum absolute atomic E-state index is 12.3. The smallest absolute Gasteiger partial charge is 0.410 e. The zero-order valence-electron chi connectivity index (χ0n) is 16.5. The van der Waals surface area contributed by atoms with Gasteiger partial charge >= 0.3 is 6.09 Å². The van der Waals surface area contributed by atoms with Gasteiger partial charge in [0.1, 0.15) is 11.1 Å². The molecule has 1 amide bonds. The number of fused-ring (bicyclic) bond motifs is 1. The van der Waals surface area contributed by atoms with Crippen LogP contribution in [-0.2, 0) is 17.7 Å². The molecule has 1 aromatic carbocycles. The van der Waals surface area contributed by atoms with E-state index in [0.29, 0.717) is 25.4 Å². The third-order valence-electron chi connectivity index (χ3n) is 4.50. The molecular weight excluding hydrogens is 344 g/mol. The van der Waals surface area contributed by atoms with Gasteiger partial charge in [-0.05, 0) is 44.9 Å². The highest BCUT2D eigenvalue weighted by Crippen LogP contribution is 2.19. The molecule has 1 saturated heterocycles. The average Bonchev–Trinajstić information content (AvgIpc) is 2.82. The molecule has 0 radical (unpaired) electrons. The van der Waals surface area contributed by atoms with Crippen molar-refractivity contribution in [3.05, 3.63) is 29.7 Å². The molecule has 2 N–H and O–H groups in total. The second-order valence-corrected chi connectivity index (χ2v) is 8.05. The number of hydrogen-bond donors (Lipinski definition) is 1. The Bertz CT molecular complexity index is 781. The van der Waals surface area contributed by atoms with Crippen molar-refractivity contribution in [1.29, 1.82) is 0 Å². The molecule has 2 aromatic rings. The maximum atomic E-state index is 12.3. The van der Waals surface area contributed by atoms with Gasteiger partial charge in [0.2, 0.25) is 0 Å². The van der Waals surface area contributed by atoms with Gasteiger partial charge in [0.25, 0.3) is 0 Å². The molecule has 7 nitrogen and oxygen atoms in total. The molecule has 1 fully saturated rings. The number of ether oxygens (including phenoxy) is 1. The van der Waals surface area contributed by atoms with E-state index in [-0.39, 0.29) is 6.09 Å². The van der Waals surface area contributed by atoms with Gasteiger partial charge in [-0.3, -0.25) is 4.90 Å². The molecule has 3 rings (SSSR count). The van der Waals surface area contributed by atoms with Gasteiger partial charge in [-0.2, -0.15) is 0 Å². The van der Waals surface area contributed by atoms with Gasteiger partial charge < -0.3 is 19.8 Å². The van der Waals surface area contributed by atoms with Crippen LogP contribution in [0, 0.1) is 0 Å². The lowest BCUT2D eigenvalue weighted by atomic mass is 10.2. The molecule has 0 saturated carbocycles. The first kappa shape index (κ1) is 19.6. The number of carbonyl (C=O) groups excluding carboxylic acids is 1. The summed E-state index contributed by atoms with van der Waals surface area (Å²) in [5.74, 6) is 0.687. The van der Waals surface area contributed by atoms with E-state index in [1.54, 1.807) is 0 Å². The molecule has 1 aliphatic heterocycles. The summed E-state index contributed by atoms with van der Waals surface area (Å²) in [6, 6.07) is 6.13. The zero-order chi connectivity index (χ0) is 19.4. The number of rotatable bonds is 4. The summed E-state index contributed by atoms with van der Waals surface area (Å²) in [5.41, 5.74) is 7.99. The maximum Gasteiger partial charge on any atom is 0.410 e. The Labute approximate surface area is 160 Å². The number of hydrogen-bond acceptors (Lipinski definition) is 6. The van der Waals surface area contributed by atoms with Crippen LogP contribution in [0.3, 0.4) is 0 Å². The third-order valence-corrected chi connectivity index (χ3v) is 4.50. The monoisotopic (exact) mass is 374 g/mol. The molecule has 2 heterocycles. The lowest BCUT2D eigenvalue weighted by Gasteiger charge is -2.26. The van der Waals surface area contributed by atoms with E-state index in [9.17, 15) is 4.79 Å². The summed E-state index contributed by atoms with van der Waals surface area (Å²) >= 11 is 0. The SMILES string of the molecule is CC(C)(C)OC(=O)N1CCCN(Cc2ccc3oc(CCN)nc3c2)CC1. The average molecular weight is 374 g/mol. The van der Waals surface area contributed by atoms with Crippen molar-refractivity contribution in [2.24, 2.45) is 5.73 Å². The fraction of sp³-hybridized carbons (Fsp3) is 0.600. The molecule has 0 aliphatic carbocycles. The largest absolute Gasteiger partial charge is 0.444 e. The van der Waals surface area contributed by atoms with Crippen molar-refractivity contribution in [3.8, 4) is 0 Å². The number of carbonyl (C=O) groups is 1. The predicted molar refractivity (Wildman–Crippen MR) is 104 cm³/mol. The predicted octanol–water partition coefficient (Wildman–Crippen LogP) is 2.77. The van der Waals surface area contributed by atoms with Gasteiger partial charge in [-0.1, -0.05) is 6.07 Å². The Morgan fingerprint density at radius 2 is 2.07 bits per heavy atom. The third kappa shape index (κ3) is 5.43. The molecule has 7 heteroatoms. The number of aromatic nitrogens is 1. The highest BCUT2D eigenvalue weighted by atomic mass is 16.6. The zero-order valence-corrected chi connectivity index (χ0v) is 16.5. The summed E-state index contributed by atoms with van der Waals surface area (Å²) in [4.78, 5) is 21.0. The van der Waals surface area contributed by atoms with Gasteiger partial charge in [-0.15, -0.1) is 0 Å². The van der Waals surface area contributed by atoms with E-state index in [1.807, 2.05) is 31.7 Å². The quantitative estimate of drug-likeness (QED) is 0.886. The number of oxazole rings is 1. The lowest BCUT2D eigenvalue weighted by molar-refractivity contribution is 0.0257. The minimum atomic E-state index is -0.459. The van der Waals surface area contributed by atoms with Gasteiger partial charge in [0.05, 0.1) is 0 Å². The minimum Gasteiger partial charge on any atom is -0.444 e. The van der Waals surface area contributed by atoms with Crippen molar-refractivity contribution >= 4 is 17.2 Å². The van der Waals surface area contributed by atoms with E-state index in [0.717, 1.165) is 43.7 Å². The number of amides is 1. The van der Waals surface area contributed by atoms with Crippen LogP contribution in [0.1, 0.15) is 38.6 Å². The van der Waals surface area contributed by atoms with E-state index in [2.05, 4.69) is 22.0 Å². The van der Waals surface area contributed by atoms with Crippen LogP contribution in [0.5, 0.6) is 0 Å². The summed E-state index contributed by atoms with van der Waals surface area (Å²) in [6.07, 6.45) is 1.36. The van der Waals surface area contributed by atoms with Gasteiger partial charge in [-0.25, -0.2) is 9.78 Å². The molecule has 0 unspecified atom stereocenters. The van der Waals surface area contributed by atoms with Gasteiger partial charge in [0.15, 0.2) is 11.5 Å². The molecule has 27 heavy (non-hydrogen) atoms. The molecule has 148 valence electrons. The summed E-state index contributed by atoms with van der Waals surface area (Å²) in [7, 11) is 0. The van der Waals surface area contributed by atoms with Crippen molar-refractivity contribution in [2.45, 2.75) is 45.8 Å². The van der Waals surface area contributed by atoms with Crippen LogP contribution in [0.2, 0.25) is 0 Å². The first-order chi connectivity index (χ1) is 12.8. The second-order valence-electron chi connectivity index (χ2n) is 8.05. The number of nitrogens with zero attached hydrogens (tertiary/aromatic N) is 3. The fourth-order valence-corrected chi connectivity index (χ4v) is 3.25. The van der Waals surface area contributed by atoms with E-state index < -0.39 is 5.60 Å². The Balaban J connectivity index is 1.59. The van der Waals surface area contributed by atoms with Crippen molar-refractivity contribution < 1.29 is 13.9 Å². The fourth-order valence-electron chi connectivity index (χ4n) is 3.25. The number of nitrogens with two attached hydrogens (primary N) is 1. The highest BCUT2D eigenvalue weighted by molar-refractivity contribution is 5.73. The second kappa shape index (κ2) is 8.27. The normalized spacial score (nSPS) is 16.5. The van der Waals surface area contributed by atoms with Crippen LogP contribution in [-0.4, -0.2) is 59.2 Å². The molecule has 0 bridgehead atoms. The summed E-state index contributed by atoms with van der Waals surface area (Å²) in [6.45, 7) is 10.2. The van der Waals surface area contributed by atoms with Crippen LogP contribution in [0.4, 0.5) is 4.79 Å². The lowest BCUT2D eigenvalue weighted by Crippen LogP contribution is -2.39. The van der Waals surface area contributed by atoms with Gasteiger partial charge in [0, 0.05) is 45.7 Å². The summed E-state index contributed by atoms with van der Waals surface area (Å²) < 4.78 is 11.2. The Morgan fingerprint density at radius 3 is 2.81 bits per heavy atom. The number of benzene rings is 1. The molecule has 1 aromatic heterocycles. The van der Waals surface area contributed by atoms with E-state index in [4.69, 9.17) is 14.9 Å². The minimum absolute atomic E-state index is 0.221. The van der Waals surface area contributed by atoms with Crippen LogP contribution in [0.25, 0.3) is 11.1 Å². The Morgan fingerprint density at radius 1 is 1.26 bits per heavy atom. The highest BCUT2D eigenvalue weighted by Gasteiger charge is 2.24. The molecule has 1 aliphatic rings.